The van der Waals surface area contributed by atoms with Gasteiger partial charge in [-0.25, -0.2) is 13.4 Å². The smallest absolute Gasteiger partial charge is 0.321 e. The summed E-state index contributed by atoms with van der Waals surface area (Å²) in [5.74, 6) is -2.00. The third-order valence-electron chi connectivity index (χ3n) is 4.46. The van der Waals surface area contributed by atoms with E-state index in [1.165, 1.54) is 6.07 Å². The van der Waals surface area contributed by atoms with E-state index >= 15 is 0 Å². The van der Waals surface area contributed by atoms with E-state index in [1.807, 2.05) is 18.2 Å². The van der Waals surface area contributed by atoms with Gasteiger partial charge in [-0.15, -0.1) is 0 Å². The Morgan fingerprint density at radius 3 is 2.50 bits per heavy atom. The molecular weight excluding hydrogens is 478 g/mol. The lowest BCUT2D eigenvalue weighted by Gasteiger charge is -2.19. The SMILES string of the molecule is CC(C)(C)OC(=O)CS(=O)(=O)Cc1cccc(C(=O)Nc2cn(Cc3cccc(Cl)c3)cn2)c1. The lowest BCUT2D eigenvalue weighted by atomic mass is 10.1. The van der Waals surface area contributed by atoms with Crippen molar-refractivity contribution < 1.29 is 22.7 Å². The first-order valence-electron chi connectivity index (χ1n) is 10.5. The van der Waals surface area contributed by atoms with Crippen LogP contribution < -0.4 is 5.32 Å². The molecule has 3 aromatic rings. The molecule has 0 saturated carbocycles. The monoisotopic (exact) mass is 503 g/mol. The van der Waals surface area contributed by atoms with E-state index in [1.54, 1.807) is 62.1 Å². The minimum atomic E-state index is -3.77. The number of hydrogen-bond donors (Lipinski definition) is 1. The fourth-order valence-electron chi connectivity index (χ4n) is 3.20. The number of benzene rings is 2. The average Bonchev–Trinajstić information content (AvgIpc) is 3.12. The van der Waals surface area contributed by atoms with E-state index in [9.17, 15) is 18.0 Å². The van der Waals surface area contributed by atoms with Gasteiger partial charge in [0, 0.05) is 23.3 Å². The van der Waals surface area contributed by atoms with Gasteiger partial charge >= 0.3 is 5.97 Å². The zero-order chi connectivity index (χ0) is 24.9. The van der Waals surface area contributed by atoms with Gasteiger partial charge in [-0.1, -0.05) is 35.9 Å². The zero-order valence-corrected chi connectivity index (χ0v) is 20.7. The molecule has 1 heterocycles. The van der Waals surface area contributed by atoms with Crippen molar-refractivity contribution in [2.45, 2.75) is 38.7 Å². The van der Waals surface area contributed by atoms with Crippen molar-refractivity contribution in [3.8, 4) is 0 Å². The van der Waals surface area contributed by atoms with E-state index in [2.05, 4.69) is 10.3 Å². The van der Waals surface area contributed by atoms with Gasteiger partial charge in [0.2, 0.25) is 0 Å². The van der Waals surface area contributed by atoms with Gasteiger partial charge in [-0.05, 0) is 56.2 Å². The molecule has 0 saturated heterocycles. The Hall–Kier alpha value is -3.17. The molecule has 0 aliphatic rings. The third kappa shape index (κ3) is 8.00. The number of amides is 1. The quantitative estimate of drug-likeness (QED) is 0.464. The van der Waals surface area contributed by atoms with Crippen LogP contribution in [0.3, 0.4) is 0 Å². The molecular formula is C24H26ClN3O5S. The second-order valence-corrected chi connectivity index (χ2v) is 11.3. The number of esters is 1. The highest BCUT2D eigenvalue weighted by atomic mass is 35.5. The van der Waals surface area contributed by atoms with Gasteiger partial charge in [0.15, 0.2) is 15.7 Å². The summed E-state index contributed by atoms with van der Waals surface area (Å²) >= 11 is 6.01. The number of carbonyl (C=O) groups is 2. The second kappa shape index (κ2) is 10.4. The Bertz CT molecular complexity index is 1300. The molecule has 8 nitrogen and oxygen atoms in total. The average molecular weight is 504 g/mol. The summed E-state index contributed by atoms with van der Waals surface area (Å²) < 4.78 is 31.7. The molecule has 180 valence electrons. The number of nitrogens with one attached hydrogen (secondary N) is 1. The van der Waals surface area contributed by atoms with Crippen molar-refractivity contribution in [2.75, 3.05) is 11.1 Å². The molecule has 1 aromatic heterocycles. The first kappa shape index (κ1) is 25.5. The standard InChI is InChI=1S/C24H26ClN3O5S/c1-24(2,3)33-22(29)15-34(31,32)14-18-7-4-8-19(10-18)23(30)27-21-13-28(16-26-21)12-17-6-5-9-20(25)11-17/h4-11,13,16H,12,14-15H2,1-3H3,(H,27,30). The van der Waals surface area contributed by atoms with Gasteiger partial charge in [0.25, 0.3) is 5.91 Å². The minimum Gasteiger partial charge on any atom is -0.459 e. The van der Waals surface area contributed by atoms with Crippen LogP contribution in [0.1, 0.15) is 42.3 Å². The summed E-state index contributed by atoms with van der Waals surface area (Å²) in [4.78, 5) is 28.8. The number of aromatic nitrogens is 2. The second-order valence-electron chi connectivity index (χ2n) is 8.83. The normalized spacial score (nSPS) is 11.8. The highest BCUT2D eigenvalue weighted by Crippen LogP contribution is 2.15. The number of imidazole rings is 1. The minimum absolute atomic E-state index is 0.273. The molecule has 10 heteroatoms. The molecule has 34 heavy (non-hydrogen) atoms. The maximum Gasteiger partial charge on any atom is 0.321 e. The predicted octanol–water partition coefficient (Wildman–Crippen LogP) is 4.09. The van der Waals surface area contributed by atoms with Crippen LogP contribution in [0.25, 0.3) is 0 Å². The van der Waals surface area contributed by atoms with Crippen molar-refractivity contribution in [3.63, 3.8) is 0 Å². The first-order valence-corrected chi connectivity index (χ1v) is 12.7. The van der Waals surface area contributed by atoms with Crippen molar-refractivity contribution >= 4 is 39.1 Å². The number of rotatable bonds is 8. The molecule has 0 atom stereocenters. The Morgan fingerprint density at radius 2 is 1.79 bits per heavy atom. The van der Waals surface area contributed by atoms with Crippen LogP contribution in [0.4, 0.5) is 5.82 Å². The molecule has 1 N–H and O–H groups in total. The Morgan fingerprint density at radius 1 is 1.09 bits per heavy atom. The number of ether oxygens (including phenoxy) is 1. The molecule has 0 aliphatic carbocycles. The van der Waals surface area contributed by atoms with Crippen molar-refractivity contribution in [3.05, 3.63) is 82.8 Å². The molecule has 3 rings (SSSR count). The summed E-state index contributed by atoms with van der Waals surface area (Å²) in [6.45, 7) is 5.54. The summed E-state index contributed by atoms with van der Waals surface area (Å²) in [5, 5.41) is 3.34. The Labute approximate surface area is 203 Å². The topological polar surface area (TPSA) is 107 Å². The van der Waals surface area contributed by atoms with Crippen LogP contribution in [-0.2, 0) is 31.7 Å². The van der Waals surface area contributed by atoms with Gasteiger partial charge in [0.05, 0.1) is 12.1 Å². The van der Waals surface area contributed by atoms with Crippen LogP contribution in [0.2, 0.25) is 5.02 Å². The van der Waals surface area contributed by atoms with Crippen LogP contribution >= 0.6 is 11.6 Å². The van der Waals surface area contributed by atoms with Gasteiger partial charge in [0.1, 0.15) is 11.4 Å². The molecule has 0 bridgehead atoms. The van der Waals surface area contributed by atoms with Gasteiger partial charge in [-0.2, -0.15) is 0 Å². The third-order valence-corrected chi connectivity index (χ3v) is 6.15. The van der Waals surface area contributed by atoms with E-state index in [4.69, 9.17) is 16.3 Å². The van der Waals surface area contributed by atoms with Crippen molar-refractivity contribution in [1.29, 1.82) is 0 Å². The van der Waals surface area contributed by atoms with Gasteiger partial charge < -0.3 is 14.6 Å². The fourth-order valence-corrected chi connectivity index (χ4v) is 4.62. The highest BCUT2D eigenvalue weighted by molar-refractivity contribution is 7.91. The molecule has 2 aromatic carbocycles. The molecule has 0 aliphatic heterocycles. The number of sulfone groups is 1. The highest BCUT2D eigenvalue weighted by Gasteiger charge is 2.23. The summed E-state index contributed by atoms with van der Waals surface area (Å²) in [7, 11) is -3.77. The van der Waals surface area contributed by atoms with Crippen LogP contribution in [-0.4, -0.2) is 41.2 Å². The number of halogens is 1. The summed E-state index contributed by atoms with van der Waals surface area (Å²) in [6, 6.07) is 13.7. The lowest BCUT2D eigenvalue weighted by Crippen LogP contribution is -2.29. The molecule has 0 spiro atoms. The zero-order valence-electron chi connectivity index (χ0n) is 19.1. The maximum absolute atomic E-state index is 12.7. The maximum atomic E-state index is 12.7. The summed E-state index contributed by atoms with van der Waals surface area (Å²) in [6.07, 6.45) is 3.28. The van der Waals surface area contributed by atoms with Crippen molar-refractivity contribution in [1.82, 2.24) is 9.55 Å². The molecule has 0 radical (unpaired) electrons. The fraction of sp³-hybridized carbons (Fsp3) is 0.292. The number of nitrogens with zero attached hydrogens (tertiary/aromatic N) is 2. The predicted molar refractivity (Wildman–Crippen MR) is 131 cm³/mol. The van der Waals surface area contributed by atoms with Crippen LogP contribution in [0.5, 0.6) is 0 Å². The van der Waals surface area contributed by atoms with Crippen LogP contribution in [0, 0.1) is 0 Å². The van der Waals surface area contributed by atoms with Crippen LogP contribution in [0.15, 0.2) is 61.1 Å². The van der Waals surface area contributed by atoms with Gasteiger partial charge in [-0.3, -0.25) is 9.59 Å². The number of carbonyl (C=O) groups excluding carboxylic acids is 2. The van der Waals surface area contributed by atoms with E-state index in [-0.39, 0.29) is 11.3 Å². The lowest BCUT2D eigenvalue weighted by molar-refractivity contribution is -0.151. The largest absolute Gasteiger partial charge is 0.459 e. The first-order chi connectivity index (χ1) is 15.9. The summed E-state index contributed by atoms with van der Waals surface area (Å²) in [5.41, 5.74) is 0.881. The van der Waals surface area contributed by atoms with E-state index in [0.717, 1.165) is 5.56 Å². The number of anilines is 1. The van der Waals surface area contributed by atoms with E-state index in [0.29, 0.717) is 22.9 Å². The molecule has 0 fully saturated rings. The molecule has 1 amide bonds. The van der Waals surface area contributed by atoms with Crippen molar-refractivity contribution in [2.24, 2.45) is 0 Å². The Balaban J connectivity index is 1.62. The Kier molecular flexibility index (Phi) is 7.78. The van der Waals surface area contributed by atoms with E-state index < -0.39 is 33.1 Å². The number of hydrogen-bond acceptors (Lipinski definition) is 6. The molecule has 0 unspecified atom stereocenters.